The number of nitrogens with zero attached hydrogens (tertiary/aromatic N) is 2. The molecule has 1 aliphatic heterocycles. The number of thioether (sulfide) groups is 1. The van der Waals surface area contributed by atoms with Crippen LogP contribution in [-0.2, 0) is 17.9 Å². The Morgan fingerprint density at radius 3 is 2.57 bits per heavy atom. The zero-order valence-electron chi connectivity index (χ0n) is 15.9. The number of hydrogen-bond acceptors (Lipinski definition) is 7. The predicted molar refractivity (Wildman–Crippen MR) is 116 cm³/mol. The Bertz CT molecular complexity index is 1020. The van der Waals surface area contributed by atoms with Crippen molar-refractivity contribution in [3.8, 4) is 11.5 Å². The molecular weight excluding hydrogens is 424 g/mol. The minimum Gasteiger partial charge on any atom is -0.454 e. The number of carbonyl (C=O) groups is 1. The highest BCUT2D eigenvalue weighted by Crippen LogP contribution is 2.32. The molecular formula is C21H19ClN4O3S. The smallest absolute Gasteiger partial charge is 0.231 e. The van der Waals surface area contributed by atoms with Gasteiger partial charge in [-0.3, -0.25) is 4.79 Å². The fraction of sp³-hybridized carbons (Fsp3) is 0.190. The molecule has 3 aromatic rings. The van der Waals surface area contributed by atoms with Gasteiger partial charge in [0.15, 0.2) is 11.5 Å². The SMILES string of the molecule is O=C(CSc1ccc(NCc2ccc3c(c2)OCO3)nn1)NCc1ccc(Cl)cc1. The summed E-state index contributed by atoms with van der Waals surface area (Å²) in [6.45, 7) is 1.31. The van der Waals surface area contributed by atoms with Crippen molar-refractivity contribution in [2.75, 3.05) is 17.9 Å². The molecule has 1 amide bonds. The first-order chi connectivity index (χ1) is 14.7. The van der Waals surface area contributed by atoms with Gasteiger partial charge in [-0.05, 0) is 47.5 Å². The second-order valence-electron chi connectivity index (χ2n) is 6.49. The molecule has 2 N–H and O–H groups in total. The fourth-order valence-corrected chi connectivity index (χ4v) is 3.50. The van der Waals surface area contributed by atoms with E-state index in [0.29, 0.717) is 29.0 Å². The van der Waals surface area contributed by atoms with Crippen LogP contribution in [0.3, 0.4) is 0 Å². The van der Waals surface area contributed by atoms with Crippen molar-refractivity contribution < 1.29 is 14.3 Å². The van der Waals surface area contributed by atoms with E-state index in [2.05, 4.69) is 20.8 Å². The summed E-state index contributed by atoms with van der Waals surface area (Å²) in [5.41, 5.74) is 2.05. The van der Waals surface area contributed by atoms with E-state index in [9.17, 15) is 4.79 Å². The third-order valence-electron chi connectivity index (χ3n) is 4.30. The van der Waals surface area contributed by atoms with Crippen LogP contribution in [0.4, 0.5) is 5.82 Å². The van der Waals surface area contributed by atoms with E-state index in [0.717, 1.165) is 22.6 Å². The molecule has 0 saturated heterocycles. The van der Waals surface area contributed by atoms with Crippen LogP contribution in [-0.4, -0.2) is 28.7 Å². The van der Waals surface area contributed by atoms with Crippen molar-refractivity contribution in [2.24, 2.45) is 0 Å². The fourth-order valence-electron chi connectivity index (χ4n) is 2.73. The summed E-state index contributed by atoms with van der Waals surface area (Å²) in [5, 5.41) is 15.8. The van der Waals surface area contributed by atoms with Crippen LogP contribution in [0, 0.1) is 0 Å². The van der Waals surface area contributed by atoms with Crippen LogP contribution >= 0.6 is 23.4 Å². The van der Waals surface area contributed by atoms with Gasteiger partial charge in [0.1, 0.15) is 10.8 Å². The van der Waals surface area contributed by atoms with E-state index in [1.54, 1.807) is 12.1 Å². The third kappa shape index (κ3) is 5.55. The van der Waals surface area contributed by atoms with Crippen LogP contribution in [0.25, 0.3) is 0 Å². The number of rotatable bonds is 8. The zero-order chi connectivity index (χ0) is 20.8. The maximum atomic E-state index is 12.0. The van der Waals surface area contributed by atoms with Gasteiger partial charge in [0, 0.05) is 18.1 Å². The summed E-state index contributed by atoms with van der Waals surface area (Å²) in [4.78, 5) is 12.0. The number of amides is 1. The lowest BCUT2D eigenvalue weighted by molar-refractivity contribution is -0.118. The van der Waals surface area contributed by atoms with Crippen LogP contribution < -0.4 is 20.1 Å². The summed E-state index contributed by atoms with van der Waals surface area (Å²) in [7, 11) is 0. The molecule has 0 bridgehead atoms. The molecule has 2 aromatic carbocycles. The molecule has 30 heavy (non-hydrogen) atoms. The Kier molecular flexibility index (Phi) is 6.56. The quantitative estimate of drug-likeness (QED) is 0.512. The van der Waals surface area contributed by atoms with Gasteiger partial charge in [0.2, 0.25) is 12.7 Å². The molecule has 0 radical (unpaired) electrons. The summed E-state index contributed by atoms with van der Waals surface area (Å²) >= 11 is 7.19. The summed E-state index contributed by atoms with van der Waals surface area (Å²) in [5.74, 6) is 2.37. The number of anilines is 1. The van der Waals surface area contributed by atoms with Crippen molar-refractivity contribution >= 4 is 35.1 Å². The van der Waals surface area contributed by atoms with Gasteiger partial charge < -0.3 is 20.1 Å². The highest BCUT2D eigenvalue weighted by atomic mass is 35.5. The first kappa shape index (κ1) is 20.3. The standard InChI is InChI=1S/C21H19ClN4O3S/c22-16-4-1-14(2-5-16)10-24-20(27)12-30-21-8-7-19(25-26-21)23-11-15-3-6-17-18(9-15)29-13-28-17/h1-9H,10-13H2,(H,23,25)(H,24,27). The summed E-state index contributed by atoms with van der Waals surface area (Å²) in [6.07, 6.45) is 0. The highest BCUT2D eigenvalue weighted by molar-refractivity contribution is 7.99. The molecule has 7 nitrogen and oxygen atoms in total. The molecule has 1 aliphatic rings. The number of fused-ring (bicyclic) bond motifs is 1. The number of carbonyl (C=O) groups excluding carboxylic acids is 1. The molecule has 0 atom stereocenters. The van der Waals surface area contributed by atoms with Gasteiger partial charge in [0.25, 0.3) is 0 Å². The Balaban J connectivity index is 1.20. The zero-order valence-corrected chi connectivity index (χ0v) is 17.5. The van der Waals surface area contributed by atoms with Gasteiger partial charge in [-0.25, -0.2) is 0 Å². The first-order valence-electron chi connectivity index (χ1n) is 9.26. The minimum atomic E-state index is -0.0678. The summed E-state index contributed by atoms with van der Waals surface area (Å²) < 4.78 is 10.7. The molecule has 1 aromatic heterocycles. The maximum absolute atomic E-state index is 12.0. The maximum Gasteiger partial charge on any atom is 0.231 e. The molecule has 9 heteroatoms. The molecule has 0 unspecified atom stereocenters. The molecule has 0 spiro atoms. The number of ether oxygens (including phenoxy) is 2. The number of benzene rings is 2. The van der Waals surface area contributed by atoms with Crippen LogP contribution in [0.2, 0.25) is 5.02 Å². The van der Waals surface area contributed by atoms with Gasteiger partial charge in [-0.2, -0.15) is 0 Å². The first-order valence-corrected chi connectivity index (χ1v) is 10.6. The molecule has 4 rings (SSSR count). The molecule has 0 saturated carbocycles. The highest BCUT2D eigenvalue weighted by Gasteiger charge is 2.13. The number of aromatic nitrogens is 2. The lowest BCUT2D eigenvalue weighted by Gasteiger charge is -2.07. The number of halogens is 1. The van der Waals surface area contributed by atoms with Crippen molar-refractivity contribution in [3.05, 3.63) is 70.7 Å². The molecule has 2 heterocycles. The van der Waals surface area contributed by atoms with E-state index in [4.69, 9.17) is 21.1 Å². The molecule has 0 fully saturated rings. The Hall–Kier alpha value is -2.97. The van der Waals surface area contributed by atoms with E-state index in [1.807, 2.05) is 42.5 Å². The topological polar surface area (TPSA) is 85.4 Å². The van der Waals surface area contributed by atoms with E-state index in [1.165, 1.54) is 11.8 Å². The monoisotopic (exact) mass is 442 g/mol. The minimum absolute atomic E-state index is 0.0678. The predicted octanol–water partition coefficient (Wildman–Crippen LogP) is 3.88. The average Bonchev–Trinajstić information content (AvgIpc) is 3.24. The second-order valence-corrected chi connectivity index (χ2v) is 7.92. The number of hydrogen-bond donors (Lipinski definition) is 2. The van der Waals surface area contributed by atoms with Crippen molar-refractivity contribution in [3.63, 3.8) is 0 Å². The van der Waals surface area contributed by atoms with Crippen molar-refractivity contribution in [1.29, 1.82) is 0 Å². The third-order valence-corrected chi connectivity index (χ3v) is 5.48. The average molecular weight is 443 g/mol. The van der Waals surface area contributed by atoms with Crippen LogP contribution in [0.15, 0.2) is 59.6 Å². The lowest BCUT2D eigenvalue weighted by Crippen LogP contribution is -2.24. The van der Waals surface area contributed by atoms with E-state index < -0.39 is 0 Å². The van der Waals surface area contributed by atoms with Gasteiger partial charge >= 0.3 is 0 Å². The second kappa shape index (κ2) is 9.69. The summed E-state index contributed by atoms with van der Waals surface area (Å²) in [6, 6.07) is 16.9. The van der Waals surface area contributed by atoms with E-state index >= 15 is 0 Å². The van der Waals surface area contributed by atoms with Gasteiger partial charge in [0.05, 0.1) is 5.75 Å². The molecule has 154 valence electrons. The van der Waals surface area contributed by atoms with Crippen LogP contribution in [0.1, 0.15) is 11.1 Å². The Morgan fingerprint density at radius 2 is 1.77 bits per heavy atom. The Morgan fingerprint density at radius 1 is 0.967 bits per heavy atom. The lowest BCUT2D eigenvalue weighted by atomic mass is 10.2. The van der Waals surface area contributed by atoms with Crippen molar-refractivity contribution in [2.45, 2.75) is 18.1 Å². The normalized spacial score (nSPS) is 11.9. The number of nitrogens with one attached hydrogen (secondary N) is 2. The van der Waals surface area contributed by atoms with Gasteiger partial charge in [-0.15, -0.1) is 10.2 Å². The Labute approximate surface area is 183 Å². The van der Waals surface area contributed by atoms with Crippen molar-refractivity contribution in [1.82, 2.24) is 15.5 Å². The largest absolute Gasteiger partial charge is 0.454 e. The van der Waals surface area contributed by atoms with Crippen LogP contribution in [0.5, 0.6) is 11.5 Å². The molecule has 0 aliphatic carbocycles. The van der Waals surface area contributed by atoms with Gasteiger partial charge in [-0.1, -0.05) is 41.6 Å². The van der Waals surface area contributed by atoms with E-state index in [-0.39, 0.29) is 18.5 Å².